The number of ether oxygens (including phenoxy) is 1. The molecule has 7 nitrogen and oxygen atoms in total. The van der Waals surface area contributed by atoms with Crippen LogP contribution in [0.5, 0.6) is 5.75 Å². The SMILES string of the molecule is C=Cn1nnc(NC(=O)c2ccc(OC)c(Cl)c2)n1. The second-order valence-corrected chi connectivity index (χ2v) is 3.83. The molecule has 0 bridgehead atoms. The largest absolute Gasteiger partial charge is 0.495 e. The Morgan fingerprint density at radius 3 is 2.95 bits per heavy atom. The topological polar surface area (TPSA) is 81.9 Å². The summed E-state index contributed by atoms with van der Waals surface area (Å²) >= 11 is 5.94. The molecule has 0 aliphatic heterocycles. The lowest BCUT2D eigenvalue weighted by Gasteiger charge is -2.05. The van der Waals surface area contributed by atoms with Gasteiger partial charge in [0.2, 0.25) is 0 Å². The molecule has 1 N–H and O–H groups in total. The van der Waals surface area contributed by atoms with E-state index in [1.54, 1.807) is 12.1 Å². The highest BCUT2D eigenvalue weighted by atomic mass is 35.5. The van der Waals surface area contributed by atoms with Gasteiger partial charge in [-0.25, -0.2) is 0 Å². The van der Waals surface area contributed by atoms with Gasteiger partial charge in [-0.05, 0) is 23.4 Å². The van der Waals surface area contributed by atoms with Crippen LogP contribution in [-0.2, 0) is 0 Å². The van der Waals surface area contributed by atoms with Crippen molar-refractivity contribution in [1.29, 1.82) is 0 Å². The number of rotatable bonds is 4. The van der Waals surface area contributed by atoms with Gasteiger partial charge in [-0.1, -0.05) is 23.3 Å². The predicted octanol–water partition coefficient (Wildman–Crippen LogP) is 1.69. The van der Waals surface area contributed by atoms with Crippen molar-refractivity contribution in [3.63, 3.8) is 0 Å². The first-order chi connectivity index (χ1) is 9.13. The van der Waals surface area contributed by atoms with Crippen LogP contribution >= 0.6 is 11.6 Å². The number of hydrogen-bond acceptors (Lipinski definition) is 5. The predicted molar refractivity (Wildman–Crippen MR) is 70.2 cm³/mol. The van der Waals surface area contributed by atoms with E-state index in [0.29, 0.717) is 16.3 Å². The van der Waals surface area contributed by atoms with Gasteiger partial charge in [0, 0.05) is 11.8 Å². The maximum absolute atomic E-state index is 11.9. The molecule has 0 atom stereocenters. The fourth-order valence-electron chi connectivity index (χ4n) is 1.33. The number of amides is 1. The molecule has 0 spiro atoms. The molecule has 98 valence electrons. The Morgan fingerprint density at radius 1 is 1.58 bits per heavy atom. The van der Waals surface area contributed by atoms with Crippen LogP contribution in [0, 0.1) is 0 Å². The average molecular weight is 280 g/mol. The van der Waals surface area contributed by atoms with Gasteiger partial charge in [-0.15, -0.1) is 9.90 Å². The van der Waals surface area contributed by atoms with E-state index in [2.05, 4.69) is 27.3 Å². The fraction of sp³-hybridized carbons (Fsp3) is 0.0909. The van der Waals surface area contributed by atoms with Crippen molar-refractivity contribution in [3.8, 4) is 5.75 Å². The van der Waals surface area contributed by atoms with Crippen molar-refractivity contribution < 1.29 is 9.53 Å². The molecule has 0 fully saturated rings. The van der Waals surface area contributed by atoms with Crippen LogP contribution in [0.2, 0.25) is 5.02 Å². The Bertz CT molecular complexity index is 625. The molecule has 2 aromatic rings. The lowest BCUT2D eigenvalue weighted by molar-refractivity contribution is 0.102. The van der Waals surface area contributed by atoms with Gasteiger partial charge < -0.3 is 4.74 Å². The van der Waals surface area contributed by atoms with Crippen molar-refractivity contribution in [3.05, 3.63) is 35.4 Å². The molecule has 0 aliphatic carbocycles. The van der Waals surface area contributed by atoms with Crippen LogP contribution in [0.25, 0.3) is 6.20 Å². The number of tetrazole rings is 1. The van der Waals surface area contributed by atoms with Crippen LogP contribution < -0.4 is 10.1 Å². The molecular formula is C11H10ClN5O2. The smallest absolute Gasteiger partial charge is 0.270 e. The van der Waals surface area contributed by atoms with Gasteiger partial charge in [-0.2, -0.15) is 0 Å². The second kappa shape index (κ2) is 5.49. The van der Waals surface area contributed by atoms with Crippen LogP contribution in [-0.4, -0.2) is 33.2 Å². The molecule has 0 saturated carbocycles. The normalized spacial score (nSPS) is 10.0. The molecule has 19 heavy (non-hydrogen) atoms. The lowest BCUT2D eigenvalue weighted by Crippen LogP contribution is -2.13. The number of methoxy groups -OCH3 is 1. The number of benzene rings is 1. The van der Waals surface area contributed by atoms with Crippen LogP contribution in [0.1, 0.15) is 10.4 Å². The first-order valence-corrected chi connectivity index (χ1v) is 5.59. The van der Waals surface area contributed by atoms with Crippen molar-refractivity contribution in [1.82, 2.24) is 20.2 Å². The maximum Gasteiger partial charge on any atom is 0.270 e. The Morgan fingerprint density at radius 2 is 2.37 bits per heavy atom. The van der Waals surface area contributed by atoms with E-state index in [1.165, 1.54) is 19.4 Å². The Kier molecular flexibility index (Phi) is 3.76. The van der Waals surface area contributed by atoms with E-state index in [1.807, 2.05) is 0 Å². The molecule has 1 amide bonds. The van der Waals surface area contributed by atoms with Crippen molar-refractivity contribution in [2.24, 2.45) is 0 Å². The van der Waals surface area contributed by atoms with E-state index < -0.39 is 5.91 Å². The van der Waals surface area contributed by atoms with Gasteiger partial charge in [0.25, 0.3) is 11.9 Å². The third kappa shape index (κ3) is 2.89. The number of nitrogens with one attached hydrogen (secondary N) is 1. The van der Waals surface area contributed by atoms with Crippen molar-refractivity contribution >= 4 is 29.7 Å². The van der Waals surface area contributed by atoms with Gasteiger partial charge in [0.1, 0.15) is 5.75 Å². The molecule has 1 aromatic heterocycles. The summed E-state index contributed by atoms with van der Waals surface area (Å²) in [5, 5.41) is 13.9. The standard InChI is InChI=1S/C11H10ClN5O2/c1-3-17-15-11(14-16-17)13-10(18)7-4-5-9(19-2)8(12)6-7/h3-6H,1H2,2H3,(H,13,15,18). The number of anilines is 1. The number of halogens is 1. The number of carbonyl (C=O) groups is 1. The summed E-state index contributed by atoms with van der Waals surface area (Å²) < 4.78 is 5.00. The fourth-order valence-corrected chi connectivity index (χ4v) is 1.59. The summed E-state index contributed by atoms with van der Waals surface area (Å²) in [5.41, 5.74) is 0.362. The minimum Gasteiger partial charge on any atom is -0.495 e. The molecule has 0 aliphatic rings. The number of nitrogens with zero attached hydrogens (tertiary/aromatic N) is 4. The second-order valence-electron chi connectivity index (χ2n) is 3.42. The minimum atomic E-state index is -0.395. The summed E-state index contributed by atoms with van der Waals surface area (Å²) in [4.78, 5) is 13.0. The molecule has 8 heteroatoms. The minimum absolute atomic E-state index is 0.0804. The van der Waals surface area contributed by atoms with Crippen LogP contribution in [0.15, 0.2) is 24.8 Å². The molecule has 0 unspecified atom stereocenters. The maximum atomic E-state index is 11.9. The highest BCUT2D eigenvalue weighted by Gasteiger charge is 2.11. The van der Waals surface area contributed by atoms with Crippen molar-refractivity contribution in [2.75, 3.05) is 12.4 Å². The van der Waals surface area contributed by atoms with Gasteiger partial charge in [-0.3, -0.25) is 10.1 Å². The summed E-state index contributed by atoms with van der Waals surface area (Å²) in [6.07, 6.45) is 1.35. The van der Waals surface area contributed by atoms with Crippen LogP contribution in [0.4, 0.5) is 5.95 Å². The van der Waals surface area contributed by atoms with Gasteiger partial charge >= 0.3 is 0 Å². The molecule has 1 heterocycles. The molecule has 0 radical (unpaired) electrons. The Hall–Kier alpha value is -2.41. The summed E-state index contributed by atoms with van der Waals surface area (Å²) in [6.45, 7) is 3.47. The van der Waals surface area contributed by atoms with E-state index in [9.17, 15) is 4.79 Å². The monoisotopic (exact) mass is 279 g/mol. The summed E-state index contributed by atoms with van der Waals surface area (Å²) in [6, 6.07) is 4.68. The highest BCUT2D eigenvalue weighted by Crippen LogP contribution is 2.25. The first kappa shape index (κ1) is 13.0. The quantitative estimate of drug-likeness (QED) is 0.921. The van der Waals surface area contributed by atoms with E-state index >= 15 is 0 Å². The number of aromatic nitrogens is 4. The van der Waals surface area contributed by atoms with E-state index in [0.717, 1.165) is 4.80 Å². The lowest BCUT2D eigenvalue weighted by atomic mass is 10.2. The van der Waals surface area contributed by atoms with Gasteiger partial charge in [0.05, 0.1) is 12.1 Å². The zero-order valence-corrected chi connectivity index (χ0v) is 10.8. The highest BCUT2D eigenvalue weighted by molar-refractivity contribution is 6.32. The average Bonchev–Trinajstić information content (AvgIpc) is 2.86. The van der Waals surface area contributed by atoms with Gasteiger partial charge in [0.15, 0.2) is 0 Å². The number of carbonyl (C=O) groups excluding carboxylic acids is 1. The molecule has 1 aromatic carbocycles. The third-order valence-corrected chi connectivity index (χ3v) is 2.53. The van der Waals surface area contributed by atoms with E-state index in [4.69, 9.17) is 16.3 Å². The molecule has 2 rings (SSSR count). The molecular weight excluding hydrogens is 270 g/mol. The zero-order valence-electron chi connectivity index (χ0n) is 10.00. The first-order valence-electron chi connectivity index (χ1n) is 5.21. The Labute approximate surface area is 113 Å². The number of hydrogen-bond donors (Lipinski definition) is 1. The Balaban J connectivity index is 2.15. The summed E-state index contributed by atoms with van der Waals surface area (Å²) in [7, 11) is 1.50. The molecule has 0 saturated heterocycles. The third-order valence-electron chi connectivity index (χ3n) is 2.23. The van der Waals surface area contributed by atoms with E-state index in [-0.39, 0.29) is 5.95 Å². The summed E-state index contributed by atoms with van der Waals surface area (Å²) in [5.74, 6) is 0.180. The van der Waals surface area contributed by atoms with Crippen molar-refractivity contribution in [2.45, 2.75) is 0 Å². The zero-order chi connectivity index (χ0) is 13.8. The van der Waals surface area contributed by atoms with Crippen LogP contribution in [0.3, 0.4) is 0 Å².